The van der Waals surface area contributed by atoms with Crippen LogP contribution in [0.3, 0.4) is 0 Å². The number of nitrogens with one attached hydrogen (secondary N) is 1. The predicted molar refractivity (Wildman–Crippen MR) is 65.3 cm³/mol. The molecule has 0 bridgehead atoms. The Labute approximate surface area is 108 Å². The molecule has 2 rings (SSSR count). The minimum Gasteiger partial charge on any atom is -0.435 e. The van der Waals surface area contributed by atoms with Crippen molar-refractivity contribution in [3.63, 3.8) is 0 Å². The van der Waals surface area contributed by atoms with Crippen LogP contribution in [0.25, 0.3) is 0 Å². The lowest BCUT2D eigenvalue weighted by Crippen LogP contribution is -2.01. The molecule has 0 aliphatic heterocycles. The molecule has 0 unspecified atom stereocenters. The molecule has 1 N–H and O–H groups in total. The number of ether oxygens (including phenoxy) is 1. The van der Waals surface area contributed by atoms with Gasteiger partial charge in [0.2, 0.25) is 0 Å². The highest BCUT2D eigenvalue weighted by atomic mass is 19.3. The number of halogens is 2. The van der Waals surface area contributed by atoms with Gasteiger partial charge in [-0.25, -0.2) is 4.98 Å². The van der Waals surface area contributed by atoms with Gasteiger partial charge in [-0.3, -0.25) is 0 Å². The number of benzene rings is 1. The van der Waals surface area contributed by atoms with Crippen LogP contribution in [-0.2, 0) is 0 Å². The molecule has 0 saturated carbocycles. The van der Waals surface area contributed by atoms with E-state index in [0.717, 1.165) is 0 Å². The second-order valence-electron chi connectivity index (χ2n) is 3.54. The molecule has 0 aliphatic rings. The molecule has 0 fully saturated rings. The van der Waals surface area contributed by atoms with E-state index in [1.165, 1.54) is 18.3 Å². The number of alkyl halides is 2. The molecule has 1 aromatic heterocycles. The number of nitriles is 1. The number of rotatable bonds is 4. The number of hydrogen-bond acceptors (Lipinski definition) is 4. The van der Waals surface area contributed by atoms with Crippen LogP contribution >= 0.6 is 0 Å². The maximum atomic E-state index is 12.0. The van der Waals surface area contributed by atoms with E-state index < -0.39 is 6.61 Å². The van der Waals surface area contributed by atoms with Crippen LogP contribution in [0.15, 0.2) is 42.6 Å². The van der Waals surface area contributed by atoms with Crippen molar-refractivity contribution in [2.24, 2.45) is 0 Å². The Morgan fingerprint density at radius 1 is 1.21 bits per heavy atom. The van der Waals surface area contributed by atoms with Crippen molar-refractivity contribution in [2.75, 3.05) is 5.32 Å². The fourth-order valence-corrected chi connectivity index (χ4v) is 1.47. The largest absolute Gasteiger partial charge is 0.435 e. The Hall–Kier alpha value is -2.68. The Morgan fingerprint density at radius 3 is 2.58 bits per heavy atom. The third-order valence-electron chi connectivity index (χ3n) is 2.27. The van der Waals surface area contributed by atoms with Gasteiger partial charge in [-0.05, 0) is 36.4 Å². The third-order valence-corrected chi connectivity index (χ3v) is 2.27. The van der Waals surface area contributed by atoms with Gasteiger partial charge in [-0.15, -0.1) is 0 Å². The standard InChI is InChI=1S/C13H9F2N3O/c14-13(15)19-10-5-3-9(4-6-10)18-11-2-1-7-17-12(11)8-16/h1-7,13,18H. The van der Waals surface area contributed by atoms with Crippen molar-refractivity contribution in [1.29, 1.82) is 5.26 Å². The summed E-state index contributed by atoms with van der Waals surface area (Å²) in [5.41, 5.74) is 1.45. The van der Waals surface area contributed by atoms with Crippen molar-refractivity contribution in [2.45, 2.75) is 6.61 Å². The highest BCUT2D eigenvalue weighted by molar-refractivity contribution is 5.64. The highest BCUT2D eigenvalue weighted by Gasteiger charge is 2.05. The van der Waals surface area contributed by atoms with Gasteiger partial charge >= 0.3 is 6.61 Å². The van der Waals surface area contributed by atoms with Crippen LogP contribution in [0.2, 0.25) is 0 Å². The number of nitrogens with zero attached hydrogens (tertiary/aromatic N) is 2. The SMILES string of the molecule is N#Cc1ncccc1Nc1ccc(OC(F)F)cc1. The Bertz CT molecular complexity index is 594. The van der Waals surface area contributed by atoms with Crippen LogP contribution in [0.4, 0.5) is 20.2 Å². The van der Waals surface area contributed by atoms with Gasteiger partial charge in [-0.2, -0.15) is 14.0 Å². The lowest BCUT2D eigenvalue weighted by atomic mass is 10.2. The van der Waals surface area contributed by atoms with E-state index in [9.17, 15) is 8.78 Å². The average molecular weight is 261 g/mol. The summed E-state index contributed by atoms with van der Waals surface area (Å²) in [4.78, 5) is 3.90. The van der Waals surface area contributed by atoms with Crippen molar-refractivity contribution in [1.82, 2.24) is 4.98 Å². The first-order chi connectivity index (χ1) is 9.19. The summed E-state index contributed by atoms with van der Waals surface area (Å²) in [6.07, 6.45) is 1.52. The lowest BCUT2D eigenvalue weighted by molar-refractivity contribution is -0.0498. The first kappa shape index (κ1) is 12.8. The fourth-order valence-electron chi connectivity index (χ4n) is 1.47. The third kappa shape index (κ3) is 3.39. The van der Waals surface area contributed by atoms with E-state index in [1.54, 1.807) is 24.3 Å². The molecule has 0 spiro atoms. The van der Waals surface area contributed by atoms with Gasteiger partial charge in [-0.1, -0.05) is 0 Å². The number of hydrogen-bond donors (Lipinski definition) is 1. The smallest absolute Gasteiger partial charge is 0.387 e. The number of pyridine rings is 1. The predicted octanol–water partition coefficient (Wildman–Crippen LogP) is 3.30. The Kier molecular flexibility index (Phi) is 3.88. The molecule has 19 heavy (non-hydrogen) atoms. The summed E-state index contributed by atoms with van der Waals surface area (Å²) in [7, 11) is 0. The van der Waals surface area contributed by atoms with E-state index in [2.05, 4.69) is 15.0 Å². The van der Waals surface area contributed by atoms with E-state index in [0.29, 0.717) is 11.4 Å². The van der Waals surface area contributed by atoms with Gasteiger partial charge in [0.25, 0.3) is 0 Å². The maximum Gasteiger partial charge on any atom is 0.387 e. The minimum atomic E-state index is -2.85. The molecular weight excluding hydrogens is 252 g/mol. The highest BCUT2D eigenvalue weighted by Crippen LogP contribution is 2.22. The van der Waals surface area contributed by atoms with Gasteiger partial charge in [0.15, 0.2) is 5.69 Å². The van der Waals surface area contributed by atoms with Crippen molar-refractivity contribution >= 4 is 11.4 Å². The molecule has 0 aliphatic carbocycles. The molecule has 0 radical (unpaired) electrons. The lowest BCUT2D eigenvalue weighted by Gasteiger charge is -2.08. The van der Waals surface area contributed by atoms with Crippen LogP contribution in [-0.4, -0.2) is 11.6 Å². The summed E-state index contributed by atoms with van der Waals surface area (Å²) in [6.45, 7) is -2.85. The Morgan fingerprint density at radius 2 is 1.95 bits per heavy atom. The van der Waals surface area contributed by atoms with Gasteiger partial charge in [0.1, 0.15) is 11.8 Å². The topological polar surface area (TPSA) is 57.9 Å². The zero-order valence-electron chi connectivity index (χ0n) is 9.68. The normalized spacial score (nSPS) is 10.0. The first-order valence-electron chi connectivity index (χ1n) is 5.36. The summed E-state index contributed by atoms with van der Waals surface area (Å²) < 4.78 is 28.2. The average Bonchev–Trinajstić information content (AvgIpc) is 2.41. The molecule has 0 saturated heterocycles. The van der Waals surface area contributed by atoms with Crippen molar-refractivity contribution < 1.29 is 13.5 Å². The number of anilines is 2. The first-order valence-corrected chi connectivity index (χ1v) is 5.36. The molecular formula is C13H9F2N3O. The molecule has 1 heterocycles. The van der Waals surface area contributed by atoms with Crippen molar-refractivity contribution in [3.8, 4) is 11.8 Å². The van der Waals surface area contributed by atoms with Crippen molar-refractivity contribution in [3.05, 3.63) is 48.3 Å². The van der Waals surface area contributed by atoms with E-state index in [4.69, 9.17) is 5.26 Å². The summed E-state index contributed by atoms with van der Waals surface area (Å²) in [5.74, 6) is 0.0762. The van der Waals surface area contributed by atoms with E-state index >= 15 is 0 Å². The molecule has 1 aromatic carbocycles. The minimum absolute atomic E-state index is 0.0762. The zero-order chi connectivity index (χ0) is 13.7. The van der Waals surface area contributed by atoms with Crippen LogP contribution in [0.5, 0.6) is 5.75 Å². The van der Waals surface area contributed by atoms with Gasteiger partial charge < -0.3 is 10.1 Å². The molecule has 4 nitrogen and oxygen atoms in total. The monoisotopic (exact) mass is 261 g/mol. The molecule has 2 aromatic rings. The van der Waals surface area contributed by atoms with Gasteiger partial charge in [0.05, 0.1) is 5.69 Å². The maximum absolute atomic E-state index is 12.0. The van der Waals surface area contributed by atoms with Crippen LogP contribution in [0.1, 0.15) is 5.69 Å². The summed E-state index contributed by atoms with van der Waals surface area (Å²) in [6, 6.07) is 11.3. The van der Waals surface area contributed by atoms with Crippen LogP contribution in [0, 0.1) is 11.3 Å². The Balaban J connectivity index is 2.13. The number of aromatic nitrogens is 1. The van der Waals surface area contributed by atoms with Gasteiger partial charge in [0, 0.05) is 11.9 Å². The second kappa shape index (κ2) is 5.78. The molecule has 0 atom stereocenters. The molecule has 96 valence electrons. The summed E-state index contributed by atoms with van der Waals surface area (Å²) in [5, 5.41) is 11.9. The van der Waals surface area contributed by atoms with Crippen LogP contribution < -0.4 is 10.1 Å². The zero-order valence-corrected chi connectivity index (χ0v) is 9.68. The molecule has 0 amide bonds. The molecule has 6 heteroatoms. The van der Waals surface area contributed by atoms with E-state index in [-0.39, 0.29) is 11.4 Å². The van der Waals surface area contributed by atoms with E-state index in [1.807, 2.05) is 6.07 Å². The summed E-state index contributed by atoms with van der Waals surface area (Å²) >= 11 is 0. The fraction of sp³-hybridized carbons (Fsp3) is 0.0769. The second-order valence-corrected chi connectivity index (χ2v) is 3.54. The quantitative estimate of drug-likeness (QED) is 0.917.